The van der Waals surface area contributed by atoms with Crippen molar-refractivity contribution in [3.8, 4) is 22.5 Å². The van der Waals surface area contributed by atoms with Crippen molar-refractivity contribution in [2.75, 3.05) is 0 Å². The van der Waals surface area contributed by atoms with Crippen molar-refractivity contribution in [1.29, 1.82) is 0 Å². The highest BCUT2D eigenvalue weighted by atomic mass is 35.5. The van der Waals surface area contributed by atoms with Crippen LogP contribution in [-0.2, 0) is 11.0 Å². The first-order chi connectivity index (χ1) is 14.0. The van der Waals surface area contributed by atoms with Crippen LogP contribution < -0.4 is 4.72 Å². The van der Waals surface area contributed by atoms with E-state index in [0.29, 0.717) is 22.0 Å². The summed E-state index contributed by atoms with van der Waals surface area (Å²) in [5.74, 6) is -0.105. The maximum Gasteiger partial charge on any atom is 0.223 e. The lowest BCUT2D eigenvalue weighted by atomic mass is 9.96. The second-order valence-electron chi connectivity index (χ2n) is 7.90. The van der Waals surface area contributed by atoms with Crippen molar-refractivity contribution in [1.82, 2.24) is 14.9 Å². The topological polar surface area (TPSA) is 68.0 Å². The number of halogens is 3. The molecule has 0 amide bonds. The zero-order valence-corrected chi connectivity index (χ0v) is 19.5. The fourth-order valence-electron chi connectivity index (χ4n) is 2.88. The number of aromatic nitrogens is 2. The van der Waals surface area contributed by atoms with Gasteiger partial charge in [0.05, 0.1) is 21.3 Å². The van der Waals surface area contributed by atoms with Crippen molar-refractivity contribution in [3.05, 3.63) is 57.6 Å². The summed E-state index contributed by atoms with van der Waals surface area (Å²) in [7, 11) is -1.25. The van der Waals surface area contributed by atoms with Crippen molar-refractivity contribution in [3.63, 3.8) is 0 Å². The molecule has 2 unspecified atom stereocenters. The van der Waals surface area contributed by atoms with E-state index >= 15 is 0 Å². The molecule has 1 heterocycles. The number of rotatable bonds is 5. The minimum atomic E-state index is -1.25. The normalized spacial score (nSPS) is 14.0. The second-order valence-corrected chi connectivity index (χ2v) is 10.7. The van der Waals surface area contributed by atoms with Gasteiger partial charge in [0.25, 0.3) is 0 Å². The quantitative estimate of drug-likeness (QED) is 0.477. The van der Waals surface area contributed by atoms with Gasteiger partial charge in [-0.1, -0.05) is 40.5 Å². The van der Waals surface area contributed by atoms with E-state index in [-0.39, 0.29) is 22.5 Å². The Kier molecular flexibility index (Phi) is 6.67. The van der Waals surface area contributed by atoms with Gasteiger partial charge in [-0.25, -0.2) is 13.3 Å². The molecular weight excluding hydrogens is 448 g/mol. The molecule has 0 bridgehead atoms. The van der Waals surface area contributed by atoms with Crippen LogP contribution in [0.2, 0.25) is 10.0 Å². The molecule has 1 N–H and O–H groups in total. The molecule has 0 saturated heterocycles. The molecule has 30 heavy (non-hydrogen) atoms. The number of hydrogen-bond acceptors (Lipinski definition) is 4. The zero-order valence-electron chi connectivity index (χ0n) is 17.2. The Bertz CT molecular complexity index is 1110. The smallest absolute Gasteiger partial charge is 0.223 e. The van der Waals surface area contributed by atoms with Crippen LogP contribution in [0.1, 0.15) is 45.2 Å². The number of nitrogens with zero attached hydrogens (tertiary/aromatic N) is 2. The van der Waals surface area contributed by atoms with E-state index in [2.05, 4.69) is 14.9 Å². The standard InChI is InChI=1S/C21H22Cl2FN3O2S/c1-11(27-30(28)21(3,4)5)15-7-6-13(8-17(15)23)16-9-14(22)10-18(24)19(16)20-25-12(2)29-26-20/h6-11,27H,1-5H3. The molecule has 2 aromatic carbocycles. The minimum Gasteiger partial charge on any atom is -0.339 e. The molecule has 0 spiro atoms. The van der Waals surface area contributed by atoms with Gasteiger partial charge in [0.1, 0.15) is 5.82 Å². The van der Waals surface area contributed by atoms with Crippen LogP contribution in [-0.4, -0.2) is 19.1 Å². The lowest BCUT2D eigenvalue weighted by Gasteiger charge is -2.23. The number of nitrogens with one attached hydrogen (secondary N) is 1. The molecule has 0 aliphatic heterocycles. The largest absolute Gasteiger partial charge is 0.339 e. The average molecular weight is 470 g/mol. The number of hydrogen-bond donors (Lipinski definition) is 1. The summed E-state index contributed by atoms with van der Waals surface area (Å²) in [6.45, 7) is 9.19. The summed E-state index contributed by atoms with van der Waals surface area (Å²) in [6, 6.07) is 7.93. The molecule has 5 nitrogen and oxygen atoms in total. The van der Waals surface area contributed by atoms with E-state index < -0.39 is 21.5 Å². The summed E-state index contributed by atoms with van der Waals surface area (Å²) in [6.07, 6.45) is 0. The van der Waals surface area contributed by atoms with Crippen LogP contribution in [0.15, 0.2) is 34.9 Å². The third-order valence-electron chi connectivity index (χ3n) is 4.42. The fourth-order valence-corrected chi connectivity index (χ4v) is 4.23. The molecule has 160 valence electrons. The van der Waals surface area contributed by atoms with Crippen molar-refractivity contribution >= 4 is 34.2 Å². The van der Waals surface area contributed by atoms with Gasteiger partial charge in [-0.3, -0.25) is 0 Å². The van der Waals surface area contributed by atoms with E-state index in [1.807, 2.05) is 33.8 Å². The Morgan fingerprint density at radius 3 is 2.47 bits per heavy atom. The minimum absolute atomic E-state index is 0.132. The van der Waals surface area contributed by atoms with Gasteiger partial charge in [-0.15, -0.1) is 0 Å². The first-order valence-electron chi connectivity index (χ1n) is 9.25. The Balaban J connectivity index is 2.02. The molecule has 0 aliphatic rings. The van der Waals surface area contributed by atoms with Gasteiger partial charge in [-0.05, 0) is 62.6 Å². The Morgan fingerprint density at radius 1 is 1.20 bits per heavy atom. The van der Waals surface area contributed by atoms with E-state index in [9.17, 15) is 8.60 Å². The monoisotopic (exact) mass is 469 g/mol. The van der Waals surface area contributed by atoms with E-state index in [4.69, 9.17) is 27.7 Å². The maximum absolute atomic E-state index is 14.8. The third kappa shape index (κ3) is 4.91. The fraction of sp³-hybridized carbons (Fsp3) is 0.333. The van der Waals surface area contributed by atoms with Gasteiger partial charge in [0.2, 0.25) is 11.7 Å². The first kappa shape index (κ1) is 22.9. The first-order valence-corrected chi connectivity index (χ1v) is 11.2. The predicted octanol–water partition coefficient (Wildman–Crippen LogP) is 6.27. The highest BCUT2D eigenvalue weighted by Crippen LogP contribution is 2.37. The van der Waals surface area contributed by atoms with E-state index in [1.54, 1.807) is 25.1 Å². The molecule has 3 rings (SSSR count). The van der Waals surface area contributed by atoms with Crippen LogP contribution in [0.5, 0.6) is 0 Å². The number of aryl methyl sites for hydroxylation is 1. The van der Waals surface area contributed by atoms with Crippen molar-refractivity contribution in [2.24, 2.45) is 0 Å². The van der Waals surface area contributed by atoms with Crippen molar-refractivity contribution in [2.45, 2.75) is 45.4 Å². The van der Waals surface area contributed by atoms with Gasteiger partial charge in [-0.2, -0.15) is 4.98 Å². The average Bonchev–Trinajstić information content (AvgIpc) is 3.05. The SMILES string of the molecule is Cc1nc(-c2c(F)cc(Cl)cc2-c2ccc(C(C)NS(=O)C(C)(C)C)c(Cl)c2)no1. The summed E-state index contributed by atoms with van der Waals surface area (Å²) in [5, 5.41) is 4.53. The summed E-state index contributed by atoms with van der Waals surface area (Å²) in [4.78, 5) is 4.14. The number of benzene rings is 2. The zero-order chi connectivity index (χ0) is 22.2. The molecule has 3 aromatic rings. The molecule has 0 aliphatic carbocycles. The van der Waals surface area contributed by atoms with Crippen molar-refractivity contribution < 1.29 is 13.1 Å². The molecule has 0 radical (unpaired) electrons. The summed E-state index contributed by atoms with van der Waals surface area (Å²) < 4.78 is 34.8. The molecule has 2 atom stereocenters. The van der Waals surface area contributed by atoms with Gasteiger partial charge >= 0.3 is 0 Å². The second kappa shape index (κ2) is 8.75. The summed E-state index contributed by atoms with van der Waals surface area (Å²) in [5.41, 5.74) is 2.09. The van der Waals surface area contributed by atoms with Crippen LogP contribution in [0.25, 0.3) is 22.5 Å². The third-order valence-corrected chi connectivity index (χ3v) is 6.65. The lowest BCUT2D eigenvalue weighted by Crippen LogP contribution is -2.34. The van der Waals surface area contributed by atoms with Crippen LogP contribution >= 0.6 is 23.2 Å². The predicted molar refractivity (Wildman–Crippen MR) is 119 cm³/mol. The molecule has 0 saturated carbocycles. The van der Waals surface area contributed by atoms with Crippen LogP contribution in [0, 0.1) is 12.7 Å². The lowest BCUT2D eigenvalue weighted by molar-refractivity contribution is 0.394. The molecule has 9 heteroatoms. The van der Waals surface area contributed by atoms with Crippen LogP contribution in [0.3, 0.4) is 0 Å². The summed E-state index contributed by atoms with van der Waals surface area (Å²) >= 11 is 12.6. The van der Waals surface area contributed by atoms with Crippen LogP contribution in [0.4, 0.5) is 4.39 Å². The Hall–Kier alpha value is -1.80. The maximum atomic E-state index is 14.8. The van der Waals surface area contributed by atoms with E-state index in [0.717, 1.165) is 5.56 Å². The molecular formula is C21H22Cl2FN3O2S. The van der Waals surface area contributed by atoms with Gasteiger partial charge < -0.3 is 4.52 Å². The van der Waals surface area contributed by atoms with E-state index in [1.165, 1.54) is 6.07 Å². The molecule has 1 aromatic heterocycles. The Morgan fingerprint density at radius 2 is 1.90 bits per heavy atom. The molecule has 0 fully saturated rings. The van der Waals surface area contributed by atoms with Gasteiger partial charge in [0, 0.05) is 23.0 Å². The Labute approximate surface area is 187 Å². The highest BCUT2D eigenvalue weighted by Gasteiger charge is 2.23. The highest BCUT2D eigenvalue weighted by molar-refractivity contribution is 7.84. The van der Waals surface area contributed by atoms with Gasteiger partial charge in [0.15, 0.2) is 0 Å².